The van der Waals surface area contributed by atoms with Gasteiger partial charge in [-0.25, -0.2) is 12.8 Å². The molecule has 1 aromatic heterocycles. The highest BCUT2D eigenvalue weighted by atomic mass is 32.2. The van der Waals surface area contributed by atoms with Gasteiger partial charge in [0.05, 0.1) is 6.54 Å². The molecule has 0 atom stereocenters. The van der Waals surface area contributed by atoms with Crippen LogP contribution in [-0.2, 0) is 16.4 Å². The minimum Gasteiger partial charge on any atom is -0.411 e. The fourth-order valence-electron chi connectivity index (χ4n) is 1.35. The van der Waals surface area contributed by atoms with Crippen LogP contribution in [0.25, 0.3) is 0 Å². The largest absolute Gasteiger partial charge is 0.411 e. The summed E-state index contributed by atoms with van der Waals surface area (Å²) in [5, 5.41) is 8.71. The van der Waals surface area contributed by atoms with Crippen molar-refractivity contribution < 1.29 is 22.0 Å². The van der Waals surface area contributed by atoms with Crippen molar-refractivity contribution in [1.29, 1.82) is 0 Å². The molecule has 0 bridgehead atoms. The predicted molar refractivity (Wildman–Crippen MR) is 65.0 cm³/mol. The number of nitrogens with one attached hydrogen (secondary N) is 1. The highest BCUT2D eigenvalue weighted by Gasteiger charge is 2.17. The number of hydrogen-bond acceptors (Lipinski definition) is 6. The lowest BCUT2D eigenvalue weighted by Gasteiger charge is -2.02. The second-order valence-corrected chi connectivity index (χ2v) is 5.82. The zero-order valence-corrected chi connectivity index (χ0v) is 11.1. The van der Waals surface area contributed by atoms with E-state index in [9.17, 15) is 17.6 Å². The Morgan fingerprint density at radius 3 is 2.75 bits per heavy atom. The summed E-state index contributed by atoms with van der Waals surface area (Å²) in [4.78, 5) is 11.7. The number of aromatic nitrogens is 2. The zero-order chi connectivity index (χ0) is 14.8. The number of amides is 1. The first kappa shape index (κ1) is 14.1. The Hall–Kier alpha value is -2.29. The van der Waals surface area contributed by atoms with E-state index >= 15 is 0 Å². The number of hydrogen-bond donors (Lipinski definition) is 1. The van der Waals surface area contributed by atoms with Gasteiger partial charge in [-0.1, -0.05) is 11.2 Å². The lowest BCUT2D eigenvalue weighted by Crippen LogP contribution is -2.23. The fourth-order valence-corrected chi connectivity index (χ4v) is 1.78. The van der Waals surface area contributed by atoms with Gasteiger partial charge in [0.15, 0.2) is 0 Å². The molecule has 2 aromatic rings. The summed E-state index contributed by atoms with van der Waals surface area (Å²) in [6, 6.07) is 5.13. The van der Waals surface area contributed by atoms with Gasteiger partial charge in [-0.2, -0.15) is 0 Å². The standard InChI is InChI=1S/C11H10FN3O4S/c1-20(17,18)11-15-14-9(19-11)6-13-10(16)7-3-2-4-8(12)5-7/h2-5H,6H2,1H3,(H,13,16). The quantitative estimate of drug-likeness (QED) is 0.884. The minimum atomic E-state index is -3.58. The van der Waals surface area contributed by atoms with Gasteiger partial charge < -0.3 is 9.73 Å². The van der Waals surface area contributed by atoms with Crippen LogP contribution in [0.1, 0.15) is 16.2 Å². The van der Waals surface area contributed by atoms with Gasteiger partial charge in [-0.3, -0.25) is 4.79 Å². The van der Waals surface area contributed by atoms with Crippen molar-refractivity contribution in [2.45, 2.75) is 11.8 Å². The first-order chi connectivity index (χ1) is 9.36. The van der Waals surface area contributed by atoms with Gasteiger partial charge >= 0.3 is 5.22 Å². The molecule has 0 spiro atoms. The maximum atomic E-state index is 12.9. The van der Waals surface area contributed by atoms with Gasteiger partial charge in [-0.15, -0.1) is 5.10 Å². The minimum absolute atomic E-state index is 0.0600. The molecule has 2 rings (SSSR count). The maximum Gasteiger partial charge on any atom is 0.335 e. The average molecular weight is 299 g/mol. The SMILES string of the molecule is CS(=O)(=O)c1nnc(CNC(=O)c2cccc(F)c2)o1. The highest BCUT2D eigenvalue weighted by Crippen LogP contribution is 2.07. The van der Waals surface area contributed by atoms with Crippen LogP contribution in [0.2, 0.25) is 0 Å². The third kappa shape index (κ3) is 3.38. The van der Waals surface area contributed by atoms with Crippen LogP contribution in [0.15, 0.2) is 33.9 Å². The molecule has 1 heterocycles. The summed E-state index contributed by atoms with van der Waals surface area (Å²) >= 11 is 0. The zero-order valence-electron chi connectivity index (χ0n) is 10.3. The van der Waals surface area contributed by atoms with Crippen molar-refractivity contribution in [3.8, 4) is 0 Å². The number of sulfone groups is 1. The summed E-state index contributed by atoms with van der Waals surface area (Å²) in [7, 11) is -3.58. The van der Waals surface area contributed by atoms with Gasteiger partial charge in [0, 0.05) is 11.8 Å². The number of carbonyl (C=O) groups is 1. The van der Waals surface area contributed by atoms with Crippen molar-refractivity contribution in [2.24, 2.45) is 0 Å². The van der Waals surface area contributed by atoms with Crippen LogP contribution in [0.4, 0.5) is 4.39 Å². The molecule has 1 aromatic carbocycles. The van der Waals surface area contributed by atoms with Crippen molar-refractivity contribution in [3.63, 3.8) is 0 Å². The number of rotatable bonds is 4. The van der Waals surface area contributed by atoms with E-state index in [1.54, 1.807) is 0 Å². The topological polar surface area (TPSA) is 102 Å². The molecule has 20 heavy (non-hydrogen) atoms. The van der Waals surface area contributed by atoms with Crippen molar-refractivity contribution in [2.75, 3.05) is 6.26 Å². The smallest absolute Gasteiger partial charge is 0.335 e. The first-order valence-corrected chi connectivity index (χ1v) is 7.31. The van der Waals surface area contributed by atoms with Crippen LogP contribution in [0, 0.1) is 5.82 Å². The predicted octanol–water partition coefficient (Wildman–Crippen LogP) is 0.542. The Morgan fingerprint density at radius 2 is 2.15 bits per heavy atom. The highest BCUT2D eigenvalue weighted by molar-refractivity contribution is 7.90. The number of carbonyl (C=O) groups excluding carboxylic acids is 1. The van der Waals surface area contributed by atoms with Crippen LogP contribution in [-0.4, -0.2) is 30.8 Å². The van der Waals surface area contributed by atoms with E-state index in [0.29, 0.717) is 0 Å². The van der Waals surface area contributed by atoms with Gasteiger partial charge in [0.25, 0.3) is 5.91 Å². The second kappa shape index (κ2) is 5.37. The van der Waals surface area contributed by atoms with Crippen molar-refractivity contribution >= 4 is 15.7 Å². The molecule has 0 saturated carbocycles. The summed E-state index contributed by atoms with van der Waals surface area (Å²) in [6.07, 6.45) is 0.926. The van der Waals surface area contributed by atoms with E-state index in [1.807, 2.05) is 0 Å². The average Bonchev–Trinajstić information content (AvgIpc) is 2.84. The monoisotopic (exact) mass is 299 g/mol. The Kier molecular flexibility index (Phi) is 3.79. The molecule has 0 aliphatic heterocycles. The van der Waals surface area contributed by atoms with Crippen LogP contribution in [0.3, 0.4) is 0 Å². The molecule has 0 aliphatic rings. The number of benzene rings is 1. The third-order valence-corrected chi connectivity index (χ3v) is 3.05. The van der Waals surface area contributed by atoms with Crippen molar-refractivity contribution in [1.82, 2.24) is 15.5 Å². The normalized spacial score (nSPS) is 11.3. The lowest BCUT2D eigenvalue weighted by atomic mass is 10.2. The first-order valence-electron chi connectivity index (χ1n) is 5.42. The number of nitrogens with zero attached hydrogens (tertiary/aromatic N) is 2. The summed E-state index contributed by atoms with van der Waals surface area (Å²) in [6.45, 7) is -0.155. The Bertz CT molecular complexity index is 742. The molecule has 9 heteroatoms. The van der Waals surface area contributed by atoms with E-state index < -0.39 is 26.8 Å². The molecule has 0 fully saturated rings. The van der Waals surface area contributed by atoms with Crippen LogP contribution < -0.4 is 5.32 Å². The molecule has 1 amide bonds. The third-order valence-electron chi connectivity index (χ3n) is 2.25. The lowest BCUT2D eigenvalue weighted by molar-refractivity contribution is 0.0946. The molecule has 0 radical (unpaired) electrons. The molecule has 106 valence electrons. The van der Waals surface area contributed by atoms with Crippen LogP contribution >= 0.6 is 0 Å². The molecule has 0 unspecified atom stereocenters. The van der Waals surface area contributed by atoms with Gasteiger partial charge in [-0.05, 0) is 18.2 Å². The van der Waals surface area contributed by atoms with E-state index in [2.05, 4.69) is 15.5 Å². The summed E-state index contributed by atoms with van der Waals surface area (Å²) in [5.74, 6) is -1.13. The van der Waals surface area contributed by atoms with Crippen molar-refractivity contribution in [3.05, 3.63) is 41.5 Å². The maximum absolute atomic E-state index is 12.9. The Morgan fingerprint density at radius 1 is 1.40 bits per heavy atom. The second-order valence-electron chi connectivity index (χ2n) is 3.93. The molecule has 1 N–H and O–H groups in total. The Balaban J connectivity index is 2.02. The molecular weight excluding hydrogens is 289 g/mol. The van der Waals surface area contributed by atoms with E-state index in [0.717, 1.165) is 12.3 Å². The molecule has 0 aliphatic carbocycles. The van der Waals surface area contributed by atoms with E-state index in [-0.39, 0.29) is 18.0 Å². The molecule has 7 nitrogen and oxygen atoms in total. The Labute approximate surface area is 113 Å². The number of halogens is 1. The van der Waals surface area contributed by atoms with Crippen LogP contribution in [0.5, 0.6) is 0 Å². The molecule has 0 saturated heterocycles. The summed E-state index contributed by atoms with van der Waals surface area (Å²) < 4.78 is 40.0. The van der Waals surface area contributed by atoms with Gasteiger partial charge in [0.1, 0.15) is 5.82 Å². The fraction of sp³-hybridized carbons (Fsp3) is 0.182. The van der Waals surface area contributed by atoms with E-state index in [4.69, 9.17) is 4.42 Å². The van der Waals surface area contributed by atoms with Gasteiger partial charge in [0.2, 0.25) is 15.7 Å². The van der Waals surface area contributed by atoms with E-state index in [1.165, 1.54) is 18.2 Å². The summed E-state index contributed by atoms with van der Waals surface area (Å²) in [5.41, 5.74) is 0.132. The molecular formula is C11H10FN3O4S.